The summed E-state index contributed by atoms with van der Waals surface area (Å²) in [7, 11) is 0. The van der Waals surface area contributed by atoms with Gasteiger partial charge in [0.1, 0.15) is 10.6 Å². The monoisotopic (exact) mass is 436 g/mol. The number of hydrogen-bond donors (Lipinski definition) is 0. The van der Waals surface area contributed by atoms with Crippen LogP contribution in [0.25, 0.3) is 10.2 Å². The summed E-state index contributed by atoms with van der Waals surface area (Å²) in [6, 6.07) is 0. The minimum absolute atomic E-state index is 0.140. The topological polar surface area (TPSA) is 67.8 Å². The molecule has 1 amide bonds. The zero-order chi connectivity index (χ0) is 20.6. The van der Waals surface area contributed by atoms with Gasteiger partial charge >= 0.3 is 6.09 Å². The number of fused-ring (bicyclic) bond motifs is 3. The molecule has 2 aromatic heterocycles. The van der Waals surface area contributed by atoms with Crippen LogP contribution in [0.15, 0.2) is 5.16 Å². The van der Waals surface area contributed by atoms with Gasteiger partial charge in [0.05, 0.1) is 24.2 Å². The van der Waals surface area contributed by atoms with Gasteiger partial charge in [-0.2, -0.15) is 0 Å². The van der Waals surface area contributed by atoms with Gasteiger partial charge in [-0.3, -0.25) is 0 Å². The molecule has 0 spiro atoms. The first kappa shape index (κ1) is 20.7. The molecule has 4 heterocycles. The molecule has 2 aliphatic heterocycles. The highest BCUT2D eigenvalue weighted by Gasteiger charge is 2.34. The van der Waals surface area contributed by atoms with Crippen molar-refractivity contribution in [1.29, 1.82) is 0 Å². The second-order valence-electron chi connectivity index (χ2n) is 7.66. The van der Waals surface area contributed by atoms with Gasteiger partial charge in [-0.05, 0) is 32.1 Å². The van der Waals surface area contributed by atoms with E-state index in [9.17, 15) is 4.79 Å². The number of ether oxygens (including phenoxy) is 2. The van der Waals surface area contributed by atoms with Crippen molar-refractivity contribution >= 4 is 45.2 Å². The second kappa shape index (κ2) is 8.28. The van der Waals surface area contributed by atoms with E-state index in [1.165, 1.54) is 15.8 Å². The summed E-state index contributed by atoms with van der Waals surface area (Å²) >= 11 is 3.30. The van der Waals surface area contributed by atoms with Crippen LogP contribution in [0.5, 0.6) is 0 Å². The molecule has 4 rings (SSSR count). The van der Waals surface area contributed by atoms with Crippen LogP contribution in [-0.4, -0.2) is 65.6 Å². The number of thioether (sulfide) groups is 1. The lowest BCUT2D eigenvalue weighted by molar-refractivity contribution is -0.0543. The van der Waals surface area contributed by atoms with Gasteiger partial charge in [0.15, 0.2) is 5.16 Å². The smallest absolute Gasteiger partial charge is 0.409 e. The van der Waals surface area contributed by atoms with E-state index in [-0.39, 0.29) is 11.7 Å². The highest BCUT2D eigenvalue weighted by molar-refractivity contribution is 7.98. The Morgan fingerprint density at radius 3 is 2.69 bits per heavy atom. The summed E-state index contributed by atoms with van der Waals surface area (Å²) in [5.41, 5.74) is 1.20. The molecule has 2 aromatic rings. The maximum absolute atomic E-state index is 12.1. The molecule has 0 aliphatic carbocycles. The summed E-state index contributed by atoms with van der Waals surface area (Å²) in [5, 5.41) is 1.97. The molecular weight excluding hydrogens is 408 g/mol. The van der Waals surface area contributed by atoms with Crippen LogP contribution in [0.3, 0.4) is 0 Å². The zero-order valence-electron chi connectivity index (χ0n) is 17.5. The van der Waals surface area contributed by atoms with Crippen molar-refractivity contribution in [3.05, 3.63) is 10.4 Å². The van der Waals surface area contributed by atoms with Gasteiger partial charge in [-0.25, -0.2) is 14.8 Å². The first-order valence-corrected chi connectivity index (χ1v) is 12.2. The summed E-state index contributed by atoms with van der Waals surface area (Å²) in [6.07, 6.45) is 3.64. The Hall–Kier alpha value is -1.58. The Bertz CT molecular complexity index is 911. The largest absolute Gasteiger partial charge is 0.450 e. The molecule has 7 nitrogen and oxygen atoms in total. The molecule has 1 fully saturated rings. The lowest BCUT2D eigenvalue weighted by Crippen LogP contribution is -2.49. The maximum Gasteiger partial charge on any atom is 0.409 e. The van der Waals surface area contributed by atoms with Crippen molar-refractivity contribution in [2.75, 3.05) is 43.9 Å². The van der Waals surface area contributed by atoms with Crippen molar-refractivity contribution in [2.24, 2.45) is 0 Å². The molecule has 0 saturated carbocycles. The Morgan fingerprint density at radius 1 is 1.28 bits per heavy atom. The predicted molar refractivity (Wildman–Crippen MR) is 117 cm³/mol. The molecule has 9 heteroatoms. The normalized spacial score (nSPS) is 22.1. The van der Waals surface area contributed by atoms with Crippen molar-refractivity contribution in [3.63, 3.8) is 0 Å². The van der Waals surface area contributed by atoms with Crippen LogP contribution in [0.2, 0.25) is 0 Å². The number of carbonyl (C=O) groups is 1. The van der Waals surface area contributed by atoms with E-state index in [0.29, 0.717) is 26.3 Å². The third kappa shape index (κ3) is 3.92. The number of carbonyl (C=O) groups excluding carboxylic acids is 1. The van der Waals surface area contributed by atoms with Crippen molar-refractivity contribution in [2.45, 2.75) is 51.0 Å². The van der Waals surface area contributed by atoms with Gasteiger partial charge in [0.2, 0.25) is 0 Å². The van der Waals surface area contributed by atoms with Crippen LogP contribution in [-0.2, 0) is 22.5 Å². The SMILES string of the molecule is CCOC(=O)N1CCN(c2nc(SC)nc3sc4c(c23)C[C@@](C)(CC)OC4)CC1. The fourth-order valence-electron chi connectivity index (χ4n) is 3.90. The Labute approximate surface area is 179 Å². The van der Waals surface area contributed by atoms with Crippen LogP contribution in [0, 0.1) is 0 Å². The highest BCUT2D eigenvalue weighted by atomic mass is 32.2. The maximum atomic E-state index is 12.1. The van der Waals surface area contributed by atoms with E-state index in [1.54, 1.807) is 28.0 Å². The summed E-state index contributed by atoms with van der Waals surface area (Å²) < 4.78 is 11.3. The fraction of sp³-hybridized carbons (Fsp3) is 0.650. The van der Waals surface area contributed by atoms with E-state index >= 15 is 0 Å². The van der Waals surface area contributed by atoms with Crippen LogP contribution < -0.4 is 4.90 Å². The molecule has 158 valence electrons. The number of anilines is 1. The van der Waals surface area contributed by atoms with E-state index in [2.05, 4.69) is 18.7 Å². The molecule has 0 N–H and O–H groups in total. The van der Waals surface area contributed by atoms with Gasteiger partial charge in [-0.1, -0.05) is 18.7 Å². The summed E-state index contributed by atoms with van der Waals surface area (Å²) in [6.45, 7) is 10.0. The number of piperazine rings is 1. The number of hydrogen-bond acceptors (Lipinski definition) is 8. The van der Waals surface area contributed by atoms with E-state index < -0.39 is 0 Å². The molecule has 0 unspecified atom stereocenters. The average molecular weight is 437 g/mol. The highest BCUT2D eigenvalue weighted by Crippen LogP contribution is 2.43. The molecule has 0 radical (unpaired) electrons. The third-order valence-corrected chi connectivity index (χ3v) is 7.48. The summed E-state index contributed by atoms with van der Waals surface area (Å²) in [5.74, 6) is 1.00. The number of amides is 1. The number of aromatic nitrogens is 2. The quantitative estimate of drug-likeness (QED) is 0.531. The van der Waals surface area contributed by atoms with Crippen LogP contribution in [0.1, 0.15) is 37.6 Å². The summed E-state index contributed by atoms with van der Waals surface area (Å²) in [4.78, 5) is 28.1. The molecule has 1 saturated heterocycles. The predicted octanol–water partition coefficient (Wildman–Crippen LogP) is 3.93. The Balaban J connectivity index is 1.69. The van der Waals surface area contributed by atoms with Gasteiger partial charge in [0, 0.05) is 37.5 Å². The van der Waals surface area contributed by atoms with Gasteiger partial charge in [-0.15, -0.1) is 11.3 Å². The average Bonchev–Trinajstić information content (AvgIpc) is 3.10. The van der Waals surface area contributed by atoms with Crippen LogP contribution >= 0.6 is 23.1 Å². The lowest BCUT2D eigenvalue weighted by Gasteiger charge is -2.36. The Kier molecular flexibility index (Phi) is 5.90. The van der Waals surface area contributed by atoms with Crippen molar-refractivity contribution < 1.29 is 14.3 Å². The molecular formula is C20H28N4O3S2. The first-order chi connectivity index (χ1) is 14.0. The molecule has 29 heavy (non-hydrogen) atoms. The van der Waals surface area contributed by atoms with Gasteiger partial charge < -0.3 is 19.3 Å². The van der Waals surface area contributed by atoms with Crippen LogP contribution in [0.4, 0.5) is 10.6 Å². The zero-order valence-corrected chi connectivity index (χ0v) is 19.1. The minimum atomic E-state index is -0.228. The lowest BCUT2D eigenvalue weighted by atomic mass is 9.90. The molecule has 0 bridgehead atoms. The standard InChI is InChI=1S/C20H28N4O3S2/c1-5-20(3)11-13-14(12-27-20)29-17-15(13)16(21-18(22-17)28-4)23-7-9-24(10-8-23)19(25)26-6-2/h5-12H2,1-4H3/t20-/m1/s1. The minimum Gasteiger partial charge on any atom is -0.450 e. The van der Waals surface area contributed by atoms with E-state index in [1.807, 2.05) is 13.2 Å². The number of rotatable bonds is 4. The number of thiophene rings is 1. The number of nitrogens with zero attached hydrogens (tertiary/aromatic N) is 4. The molecule has 0 aromatic carbocycles. The molecule has 1 atom stereocenters. The van der Waals surface area contributed by atoms with E-state index in [4.69, 9.17) is 19.4 Å². The second-order valence-corrected chi connectivity index (χ2v) is 9.52. The van der Waals surface area contributed by atoms with Gasteiger partial charge in [0.25, 0.3) is 0 Å². The van der Waals surface area contributed by atoms with Crippen molar-refractivity contribution in [3.8, 4) is 0 Å². The first-order valence-electron chi connectivity index (χ1n) is 10.1. The molecule has 2 aliphatic rings. The third-order valence-electron chi connectivity index (χ3n) is 5.83. The Morgan fingerprint density at radius 2 is 2.03 bits per heavy atom. The van der Waals surface area contributed by atoms with Crippen molar-refractivity contribution in [1.82, 2.24) is 14.9 Å². The fourth-order valence-corrected chi connectivity index (χ4v) is 5.41. The van der Waals surface area contributed by atoms with E-state index in [0.717, 1.165) is 41.7 Å².